The Bertz CT molecular complexity index is 397. The second-order valence-corrected chi connectivity index (χ2v) is 3.42. The van der Waals surface area contributed by atoms with E-state index in [-0.39, 0.29) is 5.69 Å². The van der Waals surface area contributed by atoms with Gasteiger partial charge >= 0.3 is 0 Å². The monoisotopic (exact) mass is 207 g/mol. The number of aliphatic hydroxyl groups is 1. The van der Waals surface area contributed by atoms with E-state index in [1.165, 1.54) is 12.1 Å². The van der Waals surface area contributed by atoms with Crippen LogP contribution in [0, 0.1) is 17.0 Å². The zero-order valence-electron chi connectivity index (χ0n) is 8.68. The van der Waals surface area contributed by atoms with E-state index in [1.807, 2.05) is 0 Å². The van der Waals surface area contributed by atoms with Crippen molar-refractivity contribution in [2.24, 2.45) is 0 Å². The van der Waals surface area contributed by atoms with E-state index in [0.717, 1.165) is 5.56 Å². The van der Waals surface area contributed by atoms with Crippen molar-refractivity contribution in [3.63, 3.8) is 0 Å². The lowest BCUT2D eigenvalue weighted by molar-refractivity contribution is -0.385. The molecule has 1 aromatic carbocycles. The molecule has 4 nitrogen and oxygen atoms in total. The lowest BCUT2D eigenvalue weighted by Gasteiger charge is -1.99. The van der Waals surface area contributed by atoms with Crippen LogP contribution in [0.25, 0.3) is 6.08 Å². The molecule has 1 aromatic rings. The highest BCUT2D eigenvalue weighted by molar-refractivity contribution is 5.61. The maximum atomic E-state index is 10.7. The minimum atomic E-state index is -0.606. The molecule has 0 spiro atoms. The summed E-state index contributed by atoms with van der Waals surface area (Å²) in [5, 5.41) is 19.8. The van der Waals surface area contributed by atoms with Crippen molar-refractivity contribution in [1.82, 2.24) is 0 Å². The Labute approximate surface area is 88.0 Å². The fraction of sp³-hybridized carbons (Fsp3) is 0.273. The third-order valence-corrected chi connectivity index (χ3v) is 1.94. The Balaban J connectivity index is 3.12. The molecule has 4 heteroatoms. The summed E-state index contributed by atoms with van der Waals surface area (Å²) in [5.41, 5.74) is 1.41. The topological polar surface area (TPSA) is 63.4 Å². The van der Waals surface area contributed by atoms with E-state index in [9.17, 15) is 10.1 Å². The Morgan fingerprint density at radius 3 is 2.73 bits per heavy atom. The molecule has 1 atom stereocenters. The third-order valence-electron chi connectivity index (χ3n) is 1.94. The van der Waals surface area contributed by atoms with Crippen molar-refractivity contribution >= 4 is 11.8 Å². The number of hydrogen-bond donors (Lipinski definition) is 1. The van der Waals surface area contributed by atoms with Gasteiger partial charge in [-0.15, -0.1) is 0 Å². The molecule has 0 saturated carbocycles. The smallest absolute Gasteiger partial charge is 0.276 e. The first-order valence-electron chi connectivity index (χ1n) is 4.62. The number of benzene rings is 1. The van der Waals surface area contributed by atoms with Crippen LogP contribution in [0.4, 0.5) is 5.69 Å². The molecule has 1 N–H and O–H groups in total. The molecular weight excluding hydrogens is 194 g/mol. The molecule has 80 valence electrons. The molecule has 0 aliphatic carbocycles. The number of rotatable bonds is 3. The van der Waals surface area contributed by atoms with E-state index in [0.29, 0.717) is 5.56 Å². The number of nitro benzene ring substituents is 1. The van der Waals surface area contributed by atoms with Gasteiger partial charge in [0.2, 0.25) is 0 Å². The highest BCUT2D eigenvalue weighted by atomic mass is 16.6. The van der Waals surface area contributed by atoms with Crippen LogP contribution >= 0.6 is 0 Å². The fourth-order valence-corrected chi connectivity index (χ4v) is 1.20. The molecule has 0 aromatic heterocycles. The summed E-state index contributed by atoms with van der Waals surface area (Å²) in [7, 11) is 0. The molecule has 1 rings (SSSR count). The quantitative estimate of drug-likeness (QED) is 0.611. The van der Waals surface area contributed by atoms with Crippen LogP contribution in [-0.2, 0) is 0 Å². The summed E-state index contributed by atoms with van der Waals surface area (Å²) >= 11 is 0. The molecular formula is C11H13NO3. The normalized spacial score (nSPS) is 13.0. The average Bonchev–Trinajstić information content (AvgIpc) is 2.15. The first kappa shape index (κ1) is 11.4. The highest BCUT2D eigenvalue weighted by Crippen LogP contribution is 2.21. The van der Waals surface area contributed by atoms with Gasteiger partial charge in [0.05, 0.1) is 16.6 Å². The largest absolute Gasteiger partial charge is 0.389 e. The molecule has 1 unspecified atom stereocenters. The number of nitro groups is 1. The number of aliphatic hydroxyl groups excluding tert-OH is 1. The Kier molecular flexibility index (Phi) is 3.57. The van der Waals surface area contributed by atoms with E-state index in [2.05, 4.69) is 0 Å². The summed E-state index contributed by atoms with van der Waals surface area (Å²) in [6.45, 7) is 3.39. The van der Waals surface area contributed by atoms with Crippen LogP contribution in [0.5, 0.6) is 0 Å². The summed E-state index contributed by atoms with van der Waals surface area (Å²) in [5.74, 6) is 0. The summed E-state index contributed by atoms with van der Waals surface area (Å²) in [4.78, 5) is 10.3. The van der Waals surface area contributed by atoms with Crippen LogP contribution in [0.15, 0.2) is 24.3 Å². The van der Waals surface area contributed by atoms with Gasteiger partial charge in [-0.1, -0.05) is 12.1 Å². The number of aryl methyl sites for hydroxylation is 1. The maximum Gasteiger partial charge on any atom is 0.276 e. The van der Waals surface area contributed by atoms with Crippen LogP contribution in [0.3, 0.4) is 0 Å². The molecule has 0 saturated heterocycles. The van der Waals surface area contributed by atoms with Gasteiger partial charge < -0.3 is 5.11 Å². The van der Waals surface area contributed by atoms with Crippen molar-refractivity contribution in [2.45, 2.75) is 20.0 Å². The maximum absolute atomic E-state index is 10.7. The first-order chi connectivity index (χ1) is 7.00. The van der Waals surface area contributed by atoms with Crippen molar-refractivity contribution in [3.8, 4) is 0 Å². The molecule has 0 fully saturated rings. The Hall–Kier alpha value is -1.68. The van der Waals surface area contributed by atoms with Crippen molar-refractivity contribution in [3.05, 3.63) is 45.5 Å². The minimum absolute atomic E-state index is 0.0619. The Morgan fingerprint density at radius 2 is 2.20 bits per heavy atom. The van der Waals surface area contributed by atoms with E-state index < -0.39 is 11.0 Å². The van der Waals surface area contributed by atoms with E-state index in [4.69, 9.17) is 5.11 Å². The molecule has 0 aliphatic heterocycles. The minimum Gasteiger partial charge on any atom is -0.389 e. The predicted molar refractivity (Wildman–Crippen MR) is 58.5 cm³/mol. The van der Waals surface area contributed by atoms with Crippen LogP contribution in [-0.4, -0.2) is 16.1 Å². The molecule has 0 heterocycles. The zero-order valence-corrected chi connectivity index (χ0v) is 8.68. The second-order valence-electron chi connectivity index (χ2n) is 3.42. The first-order valence-corrected chi connectivity index (χ1v) is 4.62. The molecule has 0 amide bonds. The van der Waals surface area contributed by atoms with Crippen LogP contribution in [0.1, 0.15) is 18.1 Å². The summed E-state index contributed by atoms with van der Waals surface area (Å²) in [6.07, 6.45) is 2.46. The van der Waals surface area contributed by atoms with E-state index in [1.54, 1.807) is 32.1 Å². The standard InChI is InChI=1S/C11H13NO3/c1-8-3-5-10(6-4-9(2)13)11(7-8)12(14)15/h3-7,9,13H,1-2H3/b6-4+. The SMILES string of the molecule is Cc1ccc(/C=C/C(C)O)c([N+](=O)[O-])c1. The van der Waals surface area contributed by atoms with Gasteiger partial charge in [0, 0.05) is 6.07 Å². The lowest BCUT2D eigenvalue weighted by Crippen LogP contribution is -1.94. The lowest BCUT2D eigenvalue weighted by atomic mass is 10.1. The third kappa shape index (κ3) is 3.18. The van der Waals surface area contributed by atoms with E-state index >= 15 is 0 Å². The molecule has 0 aliphatic rings. The van der Waals surface area contributed by atoms with Crippen molar-refractivity contribution in [1.29, 1.82) is 0 Å². The van der Waals surface area contributed by atoms with Crippen LogP contribution in [0.2, 0.25) is 0 Å². The van der Waals surface area contributed by atoms with Gasteiger partial charge in [-0.05, 0) is 31.6 Å². The molecule has 15 heavy (non-hydrogen) atoms. The van der Waals surface area contributed by atoms with Gasteiger partial charge in [0.15, 0.2) is 0 Å². The van der Waals surface area contributed by atoms with Crippen molar-refractivity contribution < 1.29 is 10.0 Å². The van der Waals surface area contributed by atoms with Gasteiger partial charge in [0.25, 0.3) is 5.69 Å². The Morgan fingerprint density at radius 1 is 1.53 bits per heavy atom. The summed E-state index contributed by atoms with van der Waals surface area (Å²) in [6, 6.07) is 4.99. The predicted octanol–water partition coefficient (Wildman–Crippen LogP) is 2.30. The zero-order chi connectivity index (χ0) is 11.4. The van der Waals surface area contributed by atoms with Gasteiger partial charge in [-0.25, -0.2) is 0 Å². The molecule has 0 bridgehead atoms. The van der Waals surface area contributed by atoms with Crippen molar-refractivity contribution in [2.75, 3.05) is 0 Å². The summed E-state index contributed by atoms with van der Waals surface area (Å²) < 4.78 is 0. The van der Waals surface area contributed by atoms with Gasteiger partial charge in [-0.3, -0.25) is 10.1 Å². The average molecular weight is 207 g/mol. The number of hydrogen-bond acceptors (Lipinski definition) is 3. The second kappa shape index (κ2) is 4.70. The van der Waals surface area contributed by atoms with Gasteiger partial charge in [-0.2, -0.15) is 0 Å². The molecule has 0 radical (unpaired) electrons. The highest BCUT2D eigenvalue weighted by Gasteiger charge is 2.10. The fourth-order valence-electron chi connectivity index (χ4n) is 1.20. The van der Waals surface area contributed by atoms with Gasteiger partial charge in [0.1, 0.15) is 0 Å². The van der Waals surface area contributed by atoms with Crippen LogP contribution < -0.4 is 0 Å². The number of nitrogens with zero attached hydrogens (tertiary/aromatic N) is 1.